The Balaban J connectivity index is 2.60. The molecule has 1 atom stereocenters. The van der Waals surface area contributed by atoms with Gasteiger partial charge < -0.3 is 16.0 Å². The van der Waals surface area contributed by atoms with E-state index >= 15 is 0 Å². The maximum absolute atomic E-state index is 14.3. The summed E-state index contributed by atoms with van der Waals surface area (Å²) in [5.74, 6) is -1.94. The number of allylic oxidation sites excluding steroid dienone is 1. The van der Waals surface area contributed by atoms with Crippen molar-refractivity contribution in [2.45, 2.75) is 20.3 Å². The molecule has 1 aromatic carbocycles. The van der Waals surface area contributed by atoms with Crippen LogP contribution >= 0.6 is 0 Å². The first-order chi connectivity index (χ1) is 12.3. The number of nitrogens with two attached hydrogens (primary N) is 1. The largest absolute Gasteiger partial charge is 0.396 e. The first-order valence-electron chi connectivity index (χ1n) is 8.22. The monoisotopic (exact) mass is 360 g/mol. The lowest BCUT2D eigenvalue weighted by Crippen LogP contribution is -2.29. The van der Waals surface area contributed by atoms with Gasteiger partial charge in [0.1, 0.15) is 5.82 Å². The molecule has 1 aliphatic rings. The molecule has 1 heterocycles. The summed E-state index contributed by atoms with van der Waals surface area (Å²) in [5, 5.41) is 2.61. The molecule has 0 saturated carbocycles. The molecule has 0 aliphatic carbocycles. The normalized spacial score (nSPS) is 16.8. The van der Waals surface area contributed by atoms with Gasteiger partial charge in [0.05, 0.1) is 28.9 Å². The van der Waals surface area contributed by atoms with Gasteiger partial charge >= 0.3 is 0 Å². The van der Waals surface area contributed by atoms with E-state index in [1.54, 1.807) is 7.05 Å². The Morgan fingerprint density at radius 2 is 2.15 bits per heavy atom. The van der Waals surface area contributed by atoms with Crippen molar-refractivity contribution in [2.75, 3.05) is 12.8 Å². The number of anilines is 1. The fourth-order valence-corrected chi connectivity index (χ4v) is 2.66. The van der Waals surface area contributed by atoms with Crippen LogP contribution in [0, 0.1) is 17.6 Å². The van der Waals surface area contributed by atoms with Crippen LogP contribution in [0.2, 0.25) is 0 Å². The fraction of sp³-hybridized carbons (Fsp3) is 0.263. The zero-order valence-electron chi connectivity index (χ0n) is 15.0. The van der Waals surface area contributed by atoms with Crippen LogP contribution in [0.4, 0.5) is 14.5 Å². The van der Waals surface area contributed by atoms with E-state index in [2.05, 4.69) is 16.9 Å². The fourth-order valence-electron chi connectivity index (χ4n) is 2.66. The molecule has 0 saturated heterocycles. The van der Waals surface area contributed by atoms with Crippen molar-refractivity contribution in [3.05, 3.63) is 59.6 Å². The number of amides is 1. The van der Waals surface area contributed by atoms with Crippen molar-refractivity contribution in [1.29, 1.82) is 0 Å². The van der Waals surface area contributed by atoms with E-state index in [0.717, 1.165) is 18.6 Å². The van der Waals surface area contributed by atoms with Gasteiger partial charge in [-0.15, -0.1) is 0 Å². The summed E-state index contributed by atoms with van der Waals surface area (Å²) in [4.78, 5) is 18.0. The van der Waals surface area contributed by atoms with E-state index < -0.39 is 11.6 Å². The highest BCUT2D eigenvalue weighted by Gasteiger charge is 2.25. The van der Waals surface area contributed by atoms with Gasteiger partial charge in [0, 0.05) is 25.0 Å². The summed E-state index contributed by atoms with van der Waals surface area (Å²) in [6.07, 6.45) is 5.03. The highest BCUT2D eigenvalue weighted by atomic mass is 19.1. The molecule has 7 heteroatoms. The van der Waals surface area contributed by atoms with Crippen LogP contribution in [0.3, 0.4) is 0 Å². The second kappa shape index (κ2) is 7.95. The zero-order valence-corrected chi connectivity index (χ0v) is 15.0. The Morgan fingerprint density at radius 3 is 2.73 bits per heavy atom. The average molecular weight is 360 g/mol. The molecule has 1 amide bonds. The van der Waals surface area contributed by atoms with Gasteiger partial charge in [0.2, 0.25) is 5.91 Å². The Morgan fingerprint density at radius 1 is 1.46 bits per heavy atom. The third-order valence-corrected chi connectivity index (χ3v) is 4.29. The molecule has 5 nitrogen and oxygen atoms in total. The van der Waals surface area contributed by atoms with Crippen molar-refractivity contribution in [1.82, 2.24) is 10.2 Å². The molecule has 0 fully saturated rings. The van der Waals surface area contributed by atoms with Crippen molar-refractivity contribution < 1.29 is 13.6 Å². The summed E-state index contributed by atoms with van der Waals surface area (Å²) in [6, 6.07) is 2.24. The quantitative estimate of drug-likeness (QED) is 0.624. The lowest BCUT2D eigenvalue weighted by atomic mass is 9.94. The van der Waals surface area contributed by atoms with E-state index in [4.69, 9.17) is 5.73 Å². The third-order valence-electron chi connectivity index (χ3n) is 4.29. The second-order valence-corrected chi connectivity index (χ2v) is 5.88. The van der Waals surface area contributed by atoms with Crippen LogP contribution in [0.5, 0.6) is 0 Å². The average Bonchev–Trinajstić information content (AvgIpc) is 2.65. The van der Waals surface area contributed by atoms with Crippen LogP contribution in [-0.4, -0.2) is 24.1 Å². The molecular formula is C19H22F2N4O. The van der Waals surface area contributed by atoms with Gasteiger partial charge in [0.15, 0.2) is 5.82 Å². The SMILES string of the molecule is C=CN1C=C(c2c(F)ccc(N)c2F)N=C/C1=C(\C(=O)NC)C(C)CC. The molecule has 1 unspecified atom stereocenters. The molecule has 3 N–H and O–H groups in total. The maximum atomic E-state index is 14.3. The molecule has 138 valence electrons. The van der Waals surface area contributed by atoms with Gasteiger partial charge in [-0.25, -0.2) is 8.78 Å². The number of likely N-dealkylation sites (N-methyl/N-ethyl adjacent to an activating group) is 1. The molecule has 26 heavy (non-hydrogen) atoms. The number of hydrogen-bond acceptors (Lipinski definition) is 4. The van der Waals surface area contributed by atoms with E-state index in [-0.39, 0.29) is 28.8 Å². The molecular weight excluding hydrogens is 338 g/mol. The van der Waals surface area contributed by atoms with Gasteiger partial charge in [-0.3, -0.25) is 9.79 Å². The molecule has 0 aromatic heterocycles. The topological polar surface area (TPSA) is 70.7 Å². The number of nitrogens with zero attached hydrogens (tertiary/aromatic N) is 2. The van der Waals surface area contributed by atoms with Crippen LogP contribution in [0.1, 0.15) is 25.8 Å². The molecule has 0 spiro atoms. The minimum absolute atomic E-state index is 0.0466. The summed E-state index contributed by atoms with van der Waals surface area (Å²) in [5.41, 5.74) is 6.11. The maximum Gasteiger partial charge on any atom is 0.249 e. The number of halogens is 2. The number of carbonyl (C=O) groups is 1. The number of benzene rings is 1. The second-order valence-electron chi connectivity index (χ2n) is 5.88. The van der Waals surface area contributed by atoms with E-state index in [9.17, 15) is 13.6 Å². The Bertz CT molecular complexity index is 827. The van der Waals surface area contributed by atoms with Crippen molar-refractivity contribution in [3.63, 3.8) is 0 Å². The summed E-state index contributed by atoms with van der Waals surface area (Å²) < 4.78 is 28.4. The van der Waals surface area contributed by atoms with Crippen LogP contribution in [0.15, 0.2) is 47.4 Å². The van der Waals surface area contributed by atoms with Crippen molar-refractivity contribution in [2.24, 2.45) is 10.9 Å². The molecule has 0 bridgehead atoms. The number of nitrogen functional groups attached to an aromatic ring is 1. The molecule has 1 aromatic rings. The Hall–Kier alpha value is -2.96. The summed E-state index contributed by atoms with van der Waals surface area (Å²) in [6.45, 7) is 7.60. The van der Waals surface area contributed by atoms with Crippen LogP contribution in [-0.2, 0) is 4.79 Å². The van der Waals surface area contributed by atoms with E-state index in [0.29, 0.717) is 11.3 Å². The highest BCUT2D eigenvalue weighted by Crippen LogP contribution is 2.31. The van der Waals surface area contributed by atoms with Gasteiger partial charge in [-0.2, -0.15) is 0 Å². The van der Waals surface area contributed by atoms with Crippen LogP contribution in [0.25, 0.3) is 5.70 Å². The predicted octanol–water partition coefficient (Wildman–Crippen LogP) is 3.42. The summed E-state index contributed by atoms with van der Waals surface area (Å²) >= 11 is 0. The van der Waals surface area contributed by atoms with Crippen molar-refractivity contribution in [3.8, 4) is 0 Å². The standard InChI is InChI=1S/C19H22F2N4O/c1-5-11(3)16(19(26)23-4)15-9-24-14(10-25(15)6-2)17-12(20)7-8-13(22)18(17)21/h6-11H,2,5,22H2,1,3-4H3,(H,23,26)/b16-15+. The smallest absolute Gasteiger partial charge is 0.249 e. The Kier molecular flexibility index (Phi) is 5.92. The van der Waals surface area contributed by atoms with Gasteiger partial charge in [-0.05, 0) is 24.5 Å². The van der Waals surface area contributed by atoms with Gasteiger partial charge in [-0.1, -0.05) is 20.4 Å². The number of nitrogens with one attached hydrogen (secondary N) is 1. The third kappa shape index (κ3) is 3.51. The first-order valence-corrected chi connectivity index (χ1v) is 8.22. The summed E-state index contributed by atoms with van der Waals surface area (Å²) in [7, 11) is 1.54. The minimum atomic E-state index is -0.877. The molecule has 2 rings (SSSR count). The first kappa shape index (κ1) is 19.4. The number of rotatable bonds is 5. The van der Waals surface area contributed by atoms with Gasteiger partial charge in [0.25, 0.3) is 0 Å². The van der Waals surface area contributed by atoms with E-state index in [1.165, 1.54) is 23.5 Å². The van der Waals surface area contributed by atoms with E-state index in [1.807, 2.05) is 13.8 Å². The zero-order chi connectivity index (χ0) is 19.4. The number of carbonyl (C=O) groups excluding carboxylic acids is 1. The van der Waals surface area contributed by atoms with Crippen molar-refractivity contribution >= 4 is 23.5 Å². The highest BCUT2D eigenvalue weighted by molar-refractivity contribution is 6.01. The lowest BCUT2D eigenvalue weighted by molar-refractivity contribution is -0.117. The Labute approximate surface area is 151 Å². The lowest BCUT2D eigenvalue weighted by Gasteiger charge is -2.26. The minimum Gasteiger partial charge on any atom is -0.396 e. The molecule has 1 aliphatic heterocycles. The predicted molar refractivity (Wildman–Crippen MR) is 99.8 cm³/mol. The van der Waals surface area contributed by atoms with Crippen LogP contribution < -0.4 is 11.1 Å². The number of aliphatic imine (C=N–C) groups is 1. The number of hydrogen-bond donors (Lipinski definition) is 2. The molecule has 0 radical (unpaired) electrons.